The van der Waals surface area contributed by atoms with Crippen molar-refractivity contribution in [1.29, 1.82) is 0 Å². The van der Waals surface area contributed by atoms with Crippen LogP contribution < -0.4 is 0 Å². The Morgan fingerprint density at radius 1 is 1.28 bits per heavy atom. The molecule has 2 aromatic rings. The second kappa shape index (κ2) is 4.64. The Bertz CT molecular complexity index is 611. The predicted molar refractivity (Wildman–Crippen MR) is 69.0 cm³/mol. The molecule has 2 N–H and O–H groups in total. The predicted octanol–water partition coefficient (Wildman–Crippen LogP) is 3.09. The van der Waals surface area contributed by atoms with E-state index in [1.807, 2.05) is 13.8 Å². The fourth-order valence-corrected chi connectivity index (χ4v) is 1.91. The van der Waals surface area contributed by atoms with Crippen LogP contribution in [-0.2, 0) is 0 Å². The van der Waals surface area contributed by atoms with E-state index in [1.54, 1.807) is 24.3 Å². The fourth-order valence-electron chi connectivity index (χ4n) is 1.91. The number of aromatic carboxylic acids is 1. The lowest BCUT2D eigenvalue weighted by molar-refractivity contribution is 0.0691. The highest BCUT2D eigenvalue weighted by Gasteiger charge is 2.11. The van der Waals surface area contributed by atoms with Crippen LogP contribution in [0.5, 0.6) is 0 Å². The number of carbonyl (C=O) groups is 2. The van der Waals surface area contributed by atoms with Crippen molar-refractivity contribution in [3.63, 3.8) is 0 Å². The Morgan fingerprint density at radius 3 is 2.61 bits per heavy atom. The molecule has 18 heavy (non-hydrogen) atoms. The molecule has 0 amide bonds. The molecule has 1 heterocycles. The van der Waals surface area contributed by atoms with Gasteiger partial charge in [-0.3, -0.25) is 4.79 Å². The van der Waals surface area contributed by atoms with Crippen molar-refractivity contribution in [3.05, 3.63) is 35.5 Å². The van der Waals surface area contributed by atoms with Crippen molar-refractivity contribution < 1.29 is 14.7 Å². The normalized spacial score (nSPS) is 11.1. The Labute approximate surface area is 105 Å². The summed E-state index contributed by atoms with van der Waals surface area (Å²) in [4.78, 5) is 25.5. The van der Waals surface area contributed by atoms with E-state index < -0.39 is 5.97 Å². The van der Waals surface area contributed by atoms with Gasteiger partial charge in [0.1, 0.15) is 5.69 Å². The monoisotopic (exact) mass is 245 g/mol. The minimum atomic E-state index is -0.999. The van der Waals surface area contributed by atoms with E-state index in [1.165, 1.54) is 0 Å². The minimum Gasteiger partial charge on any atom is -0.477 e. The van der Waals surface area contributed by atoms with Crippen LogP contribution >= 0.6 is 0 Å². The Balaban J connectivity index is 2.38. The summed E-state index contributed by atoms with van der Waals surface area (Å²) in [5.41, 5.74) is 1.50. The van der Waals surface area contributed by atoms with Crippen molar-refractivity contribution in [2.24, 2.45) is 5.92 Å². The first-order valence-corrected chi connectivity index (χ1v) is 5.86. The average Bonchev–Trinajstić information content (AvgIpc) is 2.70. The summed E-state index contributed by atoms with van der Waals surface area (Å²) < 4.78 is 0. The van der Waals surface area contributed by atoms with Crippen molar-refractivity contribution in [2.75, 3.05) is 0 Å². The molecule has 0 aliphatic heterocycles. The second-order valence-corrected chi connectivity index (χ2v) is 4.81. The quantitative estimate of drug-likeness (QED) is 0.813. The highest BCUT2D eigenvalue weighted by Crippen LogP contribution is 2.19. The molecule has 4 heteroatoms. The standard InChI is InChI=1S/C14H15NO3/c1-8(2)5-13(16)9-3-4-11-10(6-9)7-12(15-11)14(17)18/h3-4,6-8,15H,5H2,1-2H3,(H,17,18). The number of benzene rings is 1. The smallest absolute Gasteiger partial charge is 0.352 e. The molecule has 0 atom stereocenters. The second-order valence-electron chi connectivity index (χ2n) is 4.81. The van der Waals surface area contributed by atoms with Gasteiger partial charge in [-0.1, -0.05) is 13.8 Å². The SMILES string of the molecule is CC(C)CC(=O)c1ccc2[nH]c(C(=O)O)cc2c1. The number of Topliss-reactive ketones (excluding diaryl/α,β-unsaturated/α-hetero) is 1. The van der Waals surface area contributed by atoms with E-state index in [0.29, 0.717) is 17.9 Å². The van der Waals surface area contributed by atoms with Gasteiger partial charge in [-0.15, -0.1) is 0 Å². The molecule has 0 radical (unpaired) electrons. The third-order valence-corrected chi connectivity index (χ3v) is 2.77. The van der Waals surface area contributed by atoms with Crippen molar-refractivity contribution in [1.82, 2.24) is 4.98 Å². The van der Waals surface area contributed by atoms with Crippen LogP contribution in [0, 0.1) is 5.92 Å². The molecule has 0 bridgehead atoms. The number of fused-ring (bicyclic) bond motifs is 1. The number of carboxylic acid groups (broad SMARTS) is 1. The third kappa shape index (κ3) is 2.42. The van der Waals surface area contributed by atoms with Crippen LogP contribution in [0.15, 0.2) is 24.3 Å². The topological polar surface area (TPSA) is 70.2 Å². The largest absolute Gasteiger partial charge is 0.477 e. The molecule has 94 valence electrons. The van der Waals surface area contributed by atoms with Crippen LogP contribution in [0.1, 0.15) is 41.1 Å². The van der Waals surface area contributed by atoms with Crippen LogP contribution in [-0.4, -0.2) is 21.8 Å². The summed E-state index contributed by atoms with van der Waals surface area (Å²) in [6, 6.07) is 6.76. The maximum atomic E-state index is 11.9. The summed E-state index contributed by atoms with van der Waals surface area (Å²) in [6.07, 6.45) is 0.502. The van der Waals surface area contributed by atoms with Crippen molar-refractivity contribution >= 4 is 22.7 Å². The van der Waals surface area contributed by atoms with Gasteiger partial charge in [-0.2, -0.15) is 0 Å². The molecule has 0 saturated heterocycles. The van der Waals surface area contributed by atoms with Gasteiger partial charge in [0.2, 0.25) is 0 Å². The van der Waals surface area contributed by atoms with Gasteiger partial charge in [0.15, 0.2) is 5.78 Å². The Morgan fingerprint density at radius 2 is 2.00 bits per heavy atom. The summed E-state index contributed by atoms with van der Waals surface area (Å²) >= 11 is 0. The zero-order chi connectivity index (χ0) is 13.3. The number of H-pyrrole nitrogens is 1. The van der Waals surface area contributed by atoms with E-state index in [2.05, 4.69) is 4.98 Å². The first kappa shape index (κ1) is 12.4. The molecule has 0 spiro atoms. The van der Waals surface area contributed by atoms with Crippen molar-refractivity contribution in [2.45, 2.75) is 20.3 Å². The minimum absolute atomic E-state index is 0.0879. The first-order valence-electron chi connectivity index (χ1n) is 5.86. The molecular formula is C14H15NO3. The molecule has 1 aromatic heterocycles. The number of carboxylic acids is 1. The van der Waals surface area contributed by atoms with E-state index in [4.69, 9.17) is 5.11 Å². The molecule has 0 fully saturated rings. The Kier molecular flexibility index (Phi) is 3.19. The molecule has 2 rings (SSSR count). The lowest BCUT2D eigenvalue weighted by Crippen LogP contribution is -2.02. The van der Waals surface area contributed by atoms with Crippen molar-refractivity contribution in [3.8, 4) is 0 Å². The van der Waals surface area contributed by atoms with E-state index >= 15 is 0 Å². The van der Waals surface area contributed by atoms with Gasteiger partial charge in [-0.05, 0) is 30.2 Å². The Hall–Kier alpha value is -2.10. The number of nitrogens with one attached hydrogen (secondary N) is 1. The number of rotatable bonds is 4. The maximum absolute atomic E-state index is 11.9. The lowest BCUT2D eigenvalue weighted by atomic mass is 10.0. The summed E-state index contributed by atoms with van der Waals surface area (Å²) in [7, 11) is 0. The molecule has 0 aliphatic carbocycles. The summed E-state index contributed by atoms with van der Waals surface area (Å²) in [6.45, 7) is 3.99. The lowest BCUT2D eigenvalue weighted by Gasteiger charge is -2.03. The number of carbonyl (C=O) groups excluding carboxylic acids is 1. The summed E-state index contributed by atoms with van der Waals surface area (Å²) in [5, 5.41) is 9.64. The van der Waals surface area contributed by atoms with E-state index in [9.17, 15) is 9.59 Å². The highest BCUT2D eigenvalue weighted by molar-refractivity contribution is 6.01. The summed E-state index contributed by atoms with van der Waals surface area (Å²) in [5.74, 6) is -0.597. The van der Waals surface area contributed by atoms with Crippen LogP contribution in [0.3, 0.4) is 0 Å². The number of aromatic amines is 1. The van der Waals surface area contributed by atoms with E-state index in [0.717, 1.165) is 10.9 Å². The number of aromatic nitrogens is 1. The van der Waals surface area contributed by atoms with Gasteiger partial charge in [0.05, 0.1) is 0 Å². The van der Waals surface area contributed by atoms with Crippen LogP contribution in [0.4, 0.5) is 0 Å². The third-order valence-electron chi connectivity index (χ3n) is 2.77. The molecule has 4 nitrogen and oxygen atoms in total. The fraction of sp³-hybridized carbons (Fsp3) is 0.286. The van der Waals surface area contributed by atoms with Gasteiger partial charge < -0.3 is 10.1 Å². The highest BCUT2D eigenvalue weighted by atomic mass is 16.4. The number of hydrogen-bond donors (Lipinski definition) is 2. The van der Waals surface area contributed by atoms with E-state index in [-0.39, 0.29) is 11.5 Å². The molecule has 1 aromatic carbocycles. The number of ketones is 1. The van der Waals surface area contributed by atoms with Gasteiger partial charge >= 0.3 is 5.97 Å². The van der Waals surface area contributed by atoms with Crippen LogP contribution in [0.25, 0.3) is 10.9 Å². The number of hydrogen-bond acceptors (Lipinski definition) is 2. The molecule has 0 saturated carbocycles. The molecule has 0 unspecified atom stereocenters. The maximum Gasteiger partial charge on any atom is 0.352 e. The average molecular weight is 245 g/mol. The van der Waals surface area contributed by atoms with Gasteiger partial charge in [-0.25, -0.2) is 4.79 Å². The zero-order valence-electron chi connectivity index (χ0n) is 10.4. The molecule has 0 aliphatic rings. The van der Waals surface area contributed by atoms with Crippen LogP contribution in [0.2, 0.25) is 0 Å². The first-order chi connectivity index (χ1) is 8.47. The van der Waals surface area contributed by atoms with Gasteiger partial charge in [0.25, 0.3) is 0 Å². The van der Waals surface area contributed by atoms with Gasteiger partial charge in [0, 0.05) is 22.9 Å². The zero-order valence-corrected chi connectivity index (χ0v) is 10.4. The molecular weight excluding hydrogens is 230 g/mol.